The number of allylic oxidation sites excluding steroid dienone is 3. The van der Waals surface area contributed by atoms with Crippen molar-refractivity contribution in [3.05, 3.63) is 24.3 Å². The molecule has 0 aliphatic carbocycles. The molecule has 3 unspecified atom stereocenters. The minimum absolute atomic E-state index is 0.00521. The molecule has 3 atom stereocenters. The lowest BCUT2D eigenvalue weighted by molar-refractivity contribution is -0.870. The number of phosphoric ester groups is 1. The smallest absolute Gasteiger partial charge is 0.268 e. The van der Waals surface area contributed by atoms with Crippen LogP contribution >= 0.6 is 7.82 Å². The molecule has 0 aliphatic rings. The lowest BCUT2D eigenvalue weighted by Gasteiger charge is -2.29. The van der Waals surface area contributed by atoms with Crippen molar-refractivity contribution >= 4 is 13.7 Å². The minimum Gasteiger partial charge on any atom is -0.756 e. The van der Waals surface area contributed by atoms with Gasteiger partial charge in [-0.15, -0.1) is 0 Å². The number of carbonyl (C=O) groups is 1. The molecule has 0 spiro atoms. The summed E-state index contributed by atoms with van der Waals surface area (Å²) in [7, 11) is 1.24. The molecule has 0 saturated heterocycles. The van der Waals surface area contributed by atoms with Gasteiger partial charge < -0.3 is 28.8 Å². The SMILES string of the molecule is CCC/C=C/CC/C=C/C(O)C(COP(=O)([O-])OCC[N+](C)(C)C)NC(=O)CCCCCCCCCCCCCCCCCCCCCC. The van der Waals surface area contributed by atoms with E-state index in [9.17, 15) is 19.4 Å². The second-order valence-corrected chi connectivity index (χ2v) is 16.4. The molecule has 2 N–H and O–H groups in total. The number of unbranched alkanes of at least 4 members (excludes halogenated alkanes) is 21. The number of nitrogens with one attached hydrogen (secondary N) is 1. The molecule has 0 aromatic heterocycles. The number of carbonyl (C=O) groups excluding carboxylic acids is 1. The van der Waals surface area contributed by atoms with Crippen molar-refractivity contribution in [3.8, 4) is 0 Å². The summed E-state index contributed by atoms with van der Waals surface area (Å²) in [6.45, 7) is 4.51. The summed E-state index contributed by atoms with van der Waals surface area (Å²) >= 11 is 0. The summed E-state index contributed by atoms with van der Waals surface area (Å²) in [6.07, 6.45) is 36.8. The maximum Gasteiger partial charge on any atom is 0.268 e. The van der Waals surface area contributed by atoms with Crippen LogP contribution in [0.15, 0.2) is 24.3 Å². The maximum absolute atomic E-state index is 12.7. The quantitative estimate of drug-likeness (QED) is 0.0290. The monoisotopic (exact) mass is 715 g/mol. The molecular formula is C40H79N2O6P. The first-order valence-corrected chi connectivity index (χ1v) is 21.7. The second-order valence-electron chi connectivity index (χ2n) is 15.0. The molecule has 0 aromatic rings. The summed E-state index contributed by atoms with van der Waals surface area (Å²) in [4.78, 5) is 25.1. The van der Waals surface area contributed by atoms with Crippen molar-refractivity contribution in [2.45, 2.75) is 187 Å². The van der Waals surface area contributed by atoms with Crippen molar-refractivity contribution in [2.24, 2.45) is 0 Å². The standard InChI is InChI=1S/C40H79N2O6P/c1-6-8-10-12-14-15-16-17-18-19-20-21-22-23-24-25-26-28-30-32-34-40(44)41-38(39(43)33-31-29-27-13-11-9-7-2)37-48-49(45,46)47-36-35-42(3,4)5/h11,13,31,33,38-39,43H,6-10,12,14-30,32,34-37H2,1-5H3,(H-,41,44,45,46)/b13-11+,33-31+. The number of hydrogen-bond acceptors (Lipinski definition) is 6. The van der Waals surface area contributed by atoms with Gasteiger partial charge in [-0.05, 0) is 25.7 Å². The van der Waals surface area contributed by atoms with E-state index in [1.807, 2.05) is 27.2 Å². The summed E-state index contributed by atoms with van der Waals surface area (Å²) in [5.74, 6) is -0.211. The fourth-order valence-corrected chi connectivity index (χ4v) is 6.37. The van der Waals surface area contributed by atoms with E-state index in [0.717, 1.165) is 44.9 Å². The fraction of sp³-hybridized carbons (Fsp3) is 0.875. The highest BCUT2D eigenvalue weighted by Gasteiger charge is 2.23. The van der Waals surface area contributed by atoms with Crippen LogP contribution in [-0.2, 0) is 18.4 Å². The Labute approximate surface area is 303 Å². The number of quaternary nitrogens is 1. The molecular weight excluding hydrogens is 635 g/mol. The second kappa shape index (κ2) is 32.9. The highest BCUT2D eigenvalue weighted by atomic mass is 31.2. The lowest BCUT2D eigenvalue weighted by atomic mass is 10.0. The minimum atomic E-state index is -4.58. The molecule has 1 amide bonds. The van der Waals surface area contributed by atoms with Gasteiger partial charge >= 0.3 is 0 Å². The Morgan fingerprint density at radius 1 is 0.694 bits per heavy atom. The molecule has 8 nitrogen and oxygen atoms in total. The third-order valence-corrected chi connectivity index (χ3v) is 9.86. The van der Waals surface area contributed by atoms with E-state index in [2.05, 4.69) is 31.3 Å². The number of amides is 1. The number of likely N-dealkylation sites (N-methyl/N-ethyl adjacent to an activating group) is 1. The van der Waals surface area contributed by atoms with E-state index in [4.69, 9.17) is 9.05 Å². The average Bonchev–Trinajstić information content (AvgIpc) is 3.04. The van der Waals surface area contributed by atoms with Crippen molar-refractivity contribution < 1.29 is 32.9 Å². The Bertz CT molecular complexity index is 860. The zero-order valence-electron chi connectivity index (χ0n) is 32.6. The van der Waals surface area contributed by atoms with Crippen LogP contribution in [0.3, 0.4) is 0 Å². The first kappa shape index (κ1) is 48.0. The van der Waals surface area contributed by atoms with Gasteiger partial charge in [0, 0.05) is 6.42 Å². The van der Waals surface area contributed by atoms with Crippen LogP contribution in [-0.4, -0.2) is 68.5 Å². The normalized spacial score (nSPS) is 14.8. The van der Waals surface area contributed by atoms with Gasteiger partial charge in [-0.1, -0.05) is 167 Å². The number of aliphatic hydroxyl groups excluding tert-OH is 1. The topological polar surface area (TPSA) is 108 Å². The molecule has 0 aliphatic heterocycles. The molecule has 0 bridgehead atoms. The lowest BCUT2D eigenvalue weighted by Crippen LogP contribution is -2.45. The van der Waals surface area contributed by atoms with Gasteiger partial charge in [-0.25, -0.2) is 0 Å². The molecule has 0 rings (SSSR count). The van der Waals surface area contributed by atoms with Gasteiger partial charge in [-0.3, -0.25) is 9.36 Å². The Balaban J connectivity index is 4.22. The van der Waals surface area contributed by atoms with E-state index < -0.39 is 26.6 Å². The Morgan fingerprint density at radius 2 is 1.14 bits per heavy atom. The largest absolute Gasteiger partial charge is 0.756 e. The predicted molar refractivity (Wildman–Crippen MR) is 205 cm³/mol. The molecule has 0 aromatic carbocycles. The van der Waals surface area contributed by atoms with Crippen LogP contribution in [0.1, 0.15) is 174 Å². The average molecular weight is 715 g/mol. The van der Waals surface area contributed by atoms with Gasteiger partial charge in [0.25, 0.3) is 7.82 Å². The molecule has 0 saturated carbocycles. The van der Waals surface area contributed by atoms with Crippen molar-refractivity contribution in [2.75, 3.05) is 40.9 Å². The van der Waals surface area contributed by atoms with E-state index in [-0.39, 0.29) is 12.5 Å². The zero-order chi connectivity index (χ0) is 36.5. The van der Waals surface area contributed by atoms with E-state index in [1.165, 1.54) is 109 Å². The number of hydrogen-bond donors (Lipinski definition) is 2. The number of aliphatic hydroxyl groups is 1. The maximum atomic E-state index is 12.7. The molecule has 0 radical (unpaired) electrons. The molecule has 49 heavy (non-hydrogen) atoms. The van der Waals surface area contributed by atoms with Gasteiger partial charge in [0.1, 0.15) is 13.2 Å². The summed E-state index contributed by atoms with van der Waals surface area (Å²) < 4.78 is 23.0. The van der Waals surface area contributed by atoms with Crippen LogP contribution in [0.2, 0.25) is 0 Å². The Hall–Kier alpha value is -1.02. The number of nitrogens with zero attached hydrogens (tertiary/aromatic N) is 1. The Morgan fingerprint density at radius 3 is 1.61 bits per heavy atom. The van der Waals surface area contributed by atoms with Crippen LogP contribution < -0.4 is 10.2 Å². The van der Waals surface area contributed by atoms with Gasteiger partial charge in [0.15, 0.2) is 0 Å². The first-order chi connectivity index (χ1) is 23.5. The zero-order valence-corrected chi connectivity index (χ0v) is 33.5. The van der Waals surface area contributed by atoms with E-state index in [0.29, 0.717) is 17.4 Å². The van der Waals surface area contributed by atoms with Gasteiger partial charge in [0.05, 0.1) is 39.9 Å². The van der Waals surface area contributed by atoms with Gasteiger partial charge in [0.2, 0.25) is 5.91 Å². The molecule has 0 fully saturated rings. The third-order valence-electron chi connectivity index (χ3n) is 8.90. The first-order valence-electron chi connectivity index (χ1n) is 20.2. The Kier molecular flexibility index (Phi) is 32.2. The van der Waals surface area contributed by atoms with Crippen LogP contribution in [0.4, 0.5) is 0 Å². The molecule has 290 valence electrons. The van der Waals surface area contributed by atoms with Crippen molar-refractivity contribution in [3.63, 3.8) is 0 Å². The summed E-state index contributed by atoms with van der Waals surface area (Å²) in [5.41, 5.74) is 0. The highest BCUT2D eigenvalue weighted by molar-refractivity contribution is 7.45. The predicted octanol–water partition coefficient (Wildman–Crippen LogP) is 9.94. The van der Waals surface area contributed by atoms with E-state index >= 15 is 0 Å². The highest BCUT2D eigenvalue weighted by Crippen LogP contribution is 2.38. The summed E-state index contributed by atoms with van der Waals surface area (Å²) in [5, 5.41) is 13.6. The van der Waals surface area contributed by atoms with E-state index in [1.54, 1.807) is 6.08 Å². The van der Waals surface area contributed by atoms with Gasteiger partial charge in [-0.2, -0.15) is 0 Å². The van der Waals surface area contributed by atoms with Crippen LogP contribution in [0.5, 0.6) is 0 Å². The number of rotatable bonds is 36. The summed E-state index contributed by atoms with van der Waals surface area (Å²) in [6, 6.07) is -0.895. The number of phosphoric acid groups is 1. The van der Waals surface area contributed by atoms with Crippen molar-refractivity contribution in [1.82, 2.24) is 5.32 Å². The fourth-order valence-electron chi connectivity index (χ4n) is 5.65. The van der Waals surface area contributed by atoms with Crippen LogP contribution in [0.25, 0.3) is 0 Å². The molecule has 0 heterocycles. The molecule has 9 heteroatoms. The van der Waals surface area contributed by atoms with Crippen LogP contribution in [0, 0.1) is 0 Å². The van der Waals surface area contributed by atoms with Crippen molar-refractivity contribution in [1.29, 1.82) is 0 Å². The third kappa shape index (κ3) is 35.2.